The fourth-order valence-corrected chi connectivity index (χ4v) is 7.26. The van der Waals surface area contributed by atoms with E-state index < -0.39 is 40.8 Å². The standard InChI is InChI=1S/C19H20N8O7S4/c1-19(2,17(32)33)34-25-10(7-4-36-18(20)22-7)13(28)23-11-14(29)27-12(16(30)31)8(5-35-15(11)27)37-6-38-9-3-21-26-24-9/h3-4,11,15H,5-6H2,1-2H3,(H2,20,22)(H,23,28)(H,30,31)(H,32,33)(H,21,24,26)/b25-10-/t11?,15-/m0/s1. The smallest absolute Gasteiger partial charge is 0.353 e. The van der Waals surface area contributed by atoms with Gasteiger partial charge in [0.05, 0.1) is 11.3 Å². The number of nitrogens with zero attached hydrogens (tertiary/aromatic N) is 5. The normalized spacial score (nSPS) is 19.6. The Morgan fingerprint density at radius 3 is 2.74 bits per heavy atom. The van der Waals surface area contributed by atoms with Crippen LogP contribution in [0.1, 0.15) is 19.5 Å². The molecule has 2 aromatic rings. The van der Waals surface area contributed by atoms with Gasteiger partial charge in [0.2, 0.25) is 5.60 Å². The van der Waals surface area contributed by atoms with Crippen LogP contribution in [-0.4, -0.2) is 92.8 Å². The molecule has 0 bridgehead atoms. The molecule has 4 rings (SSSR count). The number of anilines is 1. The molecular formula is C19H20N8O7S4. The van der Waals surface area contributed by atoms with Crippen LogP contribution in [0.4, 0.5) is 5.13 Å². The summed E-state index contributed by atoms with van der Waals surface area (Å²) in [5.41, 5.74) is 3.42. The Morgan fingerprint density at radius 2 is 2.13 bits per heavy atom. The Hall–Kier alpha value is -3.29. The minimum absolute atomic E-state index is 0.0283. The maximum atomic E-state index is 13.1. The number of thioether (sulfide) groups is 3. The summed E-state index contributed by atoms with van der Waals surface area (Å²) >= 11 is 4.97. The van der Waals surface area contributed by atoms with Gasteiger partial charge in [0, 0.05) is 16.0 Å². The molecule has 0 saturated carbocycles. The zero-order valence-electron chi connectivity index (χ0n) is 19.6. The number of hydrogen-bond acceptors (Lipinski definition) is 14. The molecule has 15 nitrogen and oxygen atoms in total. The van der Waals surface area contributed by atoms with Gasteiger partial charge in [0.15, 0.2) is 10.8 Å². The van der Waals surface area contributed by atoms with E-state index in [-0.39, 0.29) is 22.2 Å². The molecule has 0 aliphatic carbocycles. The average Bonchev–Trinajstić information content (AvgIpc) is 3.54. The number of oxime groups is 1. The average molecular weight is 601 g/mol. The number of β-lactam (4-membered cyclic amide) rings is 1. The molecule has 2 aromatic heterocycles. The molecule has 2 aliphatic rings. The number of nitrogens with two attached hydrogens (primary N) is 1. The van der Waals surface area contributed by atoms with E-state index in [2.05, 4.69) is 30.9 Å². The number of carbonyl (C=O) groups is 4. The van der Waals surface area contributed by atoms with Crippen molar-refractivity contribution in [1.82, 2.24) is 30.6 Å². The van der Waals surface area contributed by atoms with Crippen molar-refractivity contribution in [2.24, 2.45) is 5.16 Å². The van der Waals surface area contributed by atoms with E-state index in [1.54, 1.807) is 6.20 Å². The number of H-pyrrole nitrogens is 1. The maximum Gasteiger partial charge on any atom is 0.353 e. The summed E-state index contributed by atoms with van der Waals surface area (Å²) in [5, 5.41) is 37.4. The Labute approximate surface area is 231 Å². The van der Waals surface area contributed by atoms with Crippen LogP contribution in [0.15, 0.2) is 32.4 Å². The highest BCUT2D eigenvalue weighted by Crippen LogP contribution is 2.44. The van der Waals surface area contributed by atoms with E-state index in [1.165, 1.54) is 54.5 Å². The first kappa shape index (κ1) is 27.7. The van der Waals surface area contributed by atoms with Gasteiger partial charge in [0.1, 0.15) is 27.8 Å². The lowest BCUT2D eigenvalue weighted by Gasteiger charge is -2.49. The summed E-state index contributed by atoms with van der Waals surface area (Å²) in [6, 6.07) is -1.05. The minimum Gasteiger partial charge on any atom is -0.478 e. The topological polar surface area (TPSA) is 226 Å². The fraction of sp³-hybridized carbons (Fsp3) is 0.368. The van der Waals surface area contributed by atoms with Crippen molar-refractivity contribution in [2.45, 2.75) is 35.9 Å². The van der Waals surface area contributed by atoms with Gasteiger partial charge in [-0.15, -0.1) is 40.0 Å². The Balaban J connectivity index is 1.49. The van der Waals surface area contributed by atoms with Crippen molar-refractivity contribution >= 4 is 81.2 Å². The van der Waals surface area contributed by atoms with Gasteiger partial charge in [-0.3, -0.25) is 19.6 Å². The number of aromatic amines is 1. The van der Waals surface area contributed by atoms with Crippen LogP contribution in [0.3, 0.4) is 0 Å². The molecule has 2 amide bonds. The van der Waals surface area contributed by atoms with Gasteiger partial charge >= 0.3 is 11.9 Å². The number of thiazole rings is 1. The molecule has 38 heavy (non-hydrogen) atoms. The largest absolute Gasteiger partial charge is 0.478 e. The molecule has 0 aromatic carbocycles. The van der Waals surface area contributed by atoms with E-state index >= 15 is 0 Å². The number of nitrogens with one attached hydrogen (secondary N) is 2. The highest BCUT2D eigenvalue weighted by Gasteiger charge is 2.54. The van der Waals surface area contributed by atoms with Gasteiger partial charge in [-0.1, -0.05) is 22.1 Å². The monoisotopic (exact) mass is 600 g/mol. The van der Waals surface area contributed by atoms with Crippen molar-refractivity contribution in [3.8, 4) is 0 Å². The molecular weight excluding hydrogens is 581 g/mol. The molecule has 2 aliphatic heterocycles. The summed E-state index contributed by atoms with van der Waals surface area (Å²) < 4.78 is 0. The predicted molar refractivity (Wildman–Crippen MR) is 140 cm³/mol. The van der Waals surface area contributed by atoms with Crippen LogP contribution >= 0.6 is 46.6 Å². The first-order valence-corrected chi connectivity index (χ1v) is 14.4. The number of carbonyl (C=O) groups excluding carboxylic acids is 2. The number of rotatable bonds is 11. The van der Waals surface area contributed by atoms with Crippen LogP contribution < -0.4 is 11.1 Å². The van der Waals surface area contributed by atoms with E-state index in [0.717, 1.165) is 16.2 Å². The van der Waals surface area contributed by atoms with E-state index in [0.29, 0.717) is 20.8 Å². The molecule has 1 saturated heterocycles. The summed E-state index contributed by atoms with van der Waals surface area (Å²) in [5.74, 6) is -3.74. The summed E-state index contributed by atoms with van der Waals surface area (Å²) in [4.78, 5) is 60.3. The first-order chi connectivity index (χ1) is 18.0. The van der Waals surface area contributed by atoms with E-state index in [4.69, 9.17) is 10.6 Å². The molecule has 1 unspecified atom stereocenters. The molecule has 19 heteroatoms. The van der Waals surface area contributed by atoms with Crippen LogP contribution in [0.25, 0.3) is 0 Å². The fourth-order valence-electron chi connectivity index (χ4n) is 3.13. The van der Waals surface area contributed by atoms with Gasteiger partial charge in [-0.05, 0) is 13.8 Å². The third-order valence-corrected chi connectivity index (χ3v) is 9.38. The molecule has 1 fully saturated rings. The van der Waals surface area contributed by atoms with Crippen LogP contribution in [0.2, 0.25) is 0 Å². The number of carboxylic acid groups (broad SMARTS) is 2. The lowest BCUT2D eigenvalue weighted by Crippen LogP contribution is -2.71. The summed E-state index contributed by atoms with van der Waals surface area (Å²) in [7, 11) is 0. The SMILES string of the molecule is CC(C)(O/N=C(\C(=O)NC1C(=O)N2C(C(=O)O)=C(SCSc3c[nH]nn3)CS[C@@H]12)c1csc(N)n1)C(=O)O. The highest BCUT2D eigenvalue weighted by atomic mass is 32.2. The number of hydrogen-bond donors (Lipinski definition) is 5. The summed E-state index contributed by atoms with van der Waals surface area (Å²) in [6.45, 7) is 2.49. The minimum atomic E-state index is -1.75. The van der Waals surface area contributed by atoms with Crippen LogP contribution in [0, 0.1) is 0 Å². The molecule has 0 radical (unpaired) electrons. The predicted octanol–water partition coefficient (Wildman–Crippen LogP) is 0.606. The summed E-state index contributed by atoms with van der Waals surface area (Å²) in [6.07, 6.45) is 1.61. The van der Waals surface area contributed by atoms with Crippen LogP contribution in [-0.2, 0) is 24.0 Å². The molecule has 2 atom stereocenters. The number of aromatic nitrogens is 4. The van der Waals surface area contributed by atoms with Crippen molar-refractivity contribution in [2.75, 3.05) is 16.6 Å². The number of aliphatic carboxylic acids is 2. The molecule has 0 spiro atoms. The molecule has 202 valence electrons. The number of carboxylic acids is 2. The first-order valence-electron chi connectivity index (χ1n) is 10.5. The Bertz CT molecular complexity index is 1330. The Kier molecular flexibility index (Phi) is 8.19. The Morgan fingerprint density at radius 1 is 1.37 bits per heavy atom. The second-order valence-electron chi connectivity index (χ2n) is 8.07. The zero-order valence-corrected chi connectivity index (χ0v) is 22.9. The van der Waals surface area contributed by atoms with E-state index in [9.17, 15) is 29.4 Å². The van der Waals surface area contributed by atoms with Gasteiger partial charge < -0.3 is 26.1 Å². The quantitative estimate of drug-likeness (QED) is 0.0783. The lowest BCUT2D eigenvalue weighted by atomic mass is 10.0. The number of amides is 2. The lowest BCUT2D eigenvalue weighted by molar-refractivity contribution is -0.161. The van der Waals surface area contributed by atoms with Crippen molar-refractivity contribution in [1.29, 1.82) is 0 Å². The number of fused-ring (bicyclic) bond motifs is 1. The van der Waals surface area contributed by atoms with Gasteiger partial charge in [-0.25, -0.2) is 14.6 Å². The van der Waals surface area contributed by atoms with Gasteiger partial charge in [-0.2, -0.15) is 0 Å². The van der Waals surface area contributed by atoms with E-state index in [1.807, 2.05) is 0 Å². The zero-order chi connectivity index (χ0) is 27.6. The van der Waals surface area contributed by atoms with Crippen molar-refractivity contribution in [3.05, 3.63) is 27.9 Å². The van der Waals surface area contributed by atoms with Crippen molar-refractivity contribution < 1.29 is 34.2 Å². The number of nitrogen functional groups attached to an aromatic ring is 1. The third kappa shape index (κ3) is 5.74. The second-order valence-corrected chi connectivity index (χ2v) is 12.5. The maximum absolute atomic E-state index is 13.1. The highest BCUT2D eigenvalue weighted by molar-refractivity contribution is 8.18. The van der Waals surface area contributed by atoms with Crippen molar-refractivity contribution in [3.63, 3.8) is 0 Å². The van der Waals surface area contributed by atoms with Crippen LogP contribution in [0.5, 0.6) is 0 Å². The van der Waals surface area contributed by atoms with Gasteiger partial charge in [0.25, 0.3) is 11.8 Å². The molecule has 6 N–H and O–H groups in total. The third-order valence-electron chi connectivity index (χ3n) is 5.12. The molecule has 4 heterocycles. The second kappa shape index (κ2) is 11.2.